The van der Waals surface area contributed by atoms with E-state index in [0.29, 0.717) is 6.04 Å². The maximum Gasteiger partial charge on any atom is 0.0122 e. The monoisotopic (exact) mass is 184 g/mol. The molecule has 0 unspecified atom stereocenters. The van der Waals surface area contributed by atoms with Gasteiger partial charge in [-0.2, -0.15) is 0 Å². The first-order valence-corrected chi connectivity index (χ1v) is 5.59. The van der Waals surface area contributed by atoms with Crippen LogP contribution in [-0.2, 0) is 0 Å². The number of likely N-dealkylation sites (tertiary alicyclic amines) is 1. The van der Waals surface area contributed by atoms with Crippen LogP contribution in [0.5, 0.6) is 0 Å². The molecule has 13 heavy (non-hydrogen) atoms. The first kappa shape index (κ1) is 11.0. The van der Waals surface area contributed by atoms with Gasteiger partial charge in [0, 0.05) is 12.1 Å². The van der Waals surface area contributed by atoms with Crippen molar-refractivity contribution in [1.29, 1.82) is 0 Å². The van der Waals surface area contributed by atoms with Crippen LogP contribution in [0, 0.1) is 0 Å². The fourth-order valence-electron chi connectivity index (χ4n) is 2.37. The summed E-state index contributed by atoms with van der Waals surface area (Å²) in [5.74, 6) is 0. The first-order chi connectivity index (χ1) is 6.15. The summed E-state index contributed by atoms with van der Waals surface area (Å²) in [6.07, 6.45) is 2.70. The lowest BCUT2D eigenvalue weighted by molar-refractivity contribution is 0.0996. The third-order valence-electron chi connectivity index (χ3n) is 3.19. The molecule has 0 aromatic rings. The smallest absolute Gasteiger partial charge is 0.0122 e. The molecule has 0 saturated carbocycles. The van der Waals surface area contributed by atoms with Crippen molar-refractivity contribution in [3.8, 4) is 0 Å². The van der Waals surface area contributed by atoms with Gasteiger partial charge in [-0.05, 0) is 53.4 Å². The van der Waals surface area contributed by atoms with Crippen LogP contribution in [0.4, 0.5) is 0 Å². The molecule has 0 N–H and O–H groups in total. The van der Waals surface area contributed by atoms with Crippen molar-refractivity contribution < 1.29 is 0 Å². The van der Waals surface area contributed by atoms with E-state index in [2.05, 4.69) is 37.6 Å². The Morgan fingerprint density at radius 2 is 1.85 bits per heavy atom. The van der Waals surface area contributed by atoms with Crippen LogP contribution >= 0.6 is 0 Å². The van der Waals surface area contributed by atoms with Gasteiger partial charge in [0.15, 0.2) is 0 Å². The number of rotatable bonds is 3. The molecule has 0 bridgehead atoms. The third kappa shape index (κ3) is 2.96. The minimum atomic E-state index is 0.707. The molecule has 0 aromatic heterocycles. The number of nitrogens with zero attached hydrogens (tertiary/aromatic N) is 2. The maximum atomic E-state index is 2.63. The third-order valence-corrected chi connectivity index (χ3v) is 3.19. The molecule has 1 aliphatic heterocycles. The van der Waals surface area contributed by atoms with E-state index >= 15 is 0 Å². The van der Waals surface area contributed by atoms with Gasteiger partial charge in [0.2, 0.25) is 0 Å². The van der Waals surface area contributed by atoms with Gasteiger partial charge >= 0.3 is 0 Å². The topological polar surface area (TPSA) is 6.48 Å². The first-order valence-electron chi connectivity index (χ1n) is 5.59. The van der Waals surface area contributed by atoms with Crippen LogP contribution in [-0.4, -0.2) is 48.6 Å². The maximum absolute atomic E-state index is 2.63. The molecule has 0 amide bonds. The Bertz CT molecular complexity index is 137. The molecular formula is C11H24N2. The zero-order valence-corrected chi connectivity index (χ0v) is 9.58. The summed E-state index contributed by atoms with van der Waals surface area (Å²) in [5, 5.41) is 0. The lowest BCUT2D eigenvalue weighted by Gasteiger charge is -2.39. The predicted molar refractivity (Wildman–Crippen MR) is 58.0 cm³/mol. The summed E-state index contributed by atoms with van der Waals surface area (Å²) in [4.78, 5) is 5.07. The second-order valence-electron chi connectivity index (χ2n) is 4.46. The summed E-state index contributed by atoms with van der Waals surface area (Å²) >= 11 is 0. The Morgan fingerprint density at radius 3 is 2.23 bits per heavy atom. The Labute approximate surface area is 82.9 Å². The number of hydrogen-bond donors (Lipinski definition) is 0. The highest BCUT2D eigenvalue weighted by Crippen LogP contribution is 2.17. The van der Waals surface area contributed by atoms with Crippen molar-refractivity contribution in [1.82, 2.24) is 9.80 Å². The summed E-state index contributed by atoms with van der Waals surface area (Å²) in [7, 11) is 2.22. The molecule has 0 spiro atoms. The van der Waals surface area contributed by atoms with Crippen molar-refractivity contribution in [2.24, 2.45) is 0 Å². The molecule has 0 aliphatic carbocycles. The zero-order valence-electron chi connectivity index (χ0n) is 9.58. The number of piperidine rings is 1. The van der Waals surface area contributed by atoms with Gasteiger partial charge in [-0.1, -0.05) is 6.92 Å². The predicted octanol–water partition coefficient (Wildman–Crippen LogP) is 1.81. The molecule has 0 atom stereocenters. The molecule has 0 radical (unpaired) electrons. The van der Waals surface area contributed by atoms with Crippen molar-refractivity contribution in [2.75, 3.05) is 26.7 Å². The lowest BCUT2D eigenvalue weighted by atomic mass is 10.0. The summed E-state index contributed by atoms with van der Waals surface area (Å²) in [6.45, 7) is 10.6. The Balaban J connectivity index is 2.41. The molecule has 2 nitrogen and oxygen atoms in total. The molecule has 1 rings (SSSR count). The molecule has 1 aliphatic rings. The fraction of sp³-hybridized carbons (Fsp3) is 1.00. The summed E-state index contributed by atoms with van der Waals surface area (Å²) < 4.78 is 0. The van der Waals surface area contributed by atoms with Crippen LogP contribution < -0.4 is 0 Å². The van der Waals surface area contributed by atoms with E-state index < -0.39 is 0 Å². The Hall–Kier alpha value is -0.0800. The molecule has 2 heteroatoms. The van der Waals surface area contributed by atoms with E-state index in [1.807, 2.05) is 0 Å². The van der Waals surface area contributed by atoms with E-state index in [0.717, 1.165) is 6.04 Å². The van der Waals surface area contributed by atoms with Crippen LogP contribution in [0.15, 0.2) is 0 Å². The van der Waals surface area contributed by atoms with Crippen molar-refractivity contribution in [2.45, 2.75) is 45.7 Å². The van der Waals surface area contributed by atoms with E-state index in [4.69, 9.17) is 0 Å². The molecule has 1 heterocycles. The largest absolute Gasteiger partial charge is 0.306 e. The van der Waals surface area contributed by atoms with Gasteiger partial charge in [0.05, 0.1) is 0 Å². The minimum absolute atomic E-state index is 0.707. The van der Waals surface area contributed by atoms with Gasteiger partial charge in [-0.3, -0.25) is 4.90 Å². The minimum Gasteiger partial charge on any atom is -0.306 e. The Kier molecular flexibility index (Phi) is 4.20. The average Bonchev–Trinajstić information content (AvgIpc) is 2.09. The standard InChI is InChI=1S/C11H24N2/c1-5-13(10(2)3)11-6-8-12(4)9-7-11/h10-11H,5-9H2,1-4H3. The molecule has 1 saturated heterocycles. The fourth-order valence-corrected chi connectivity index (χ4v) is 2.37. The van der Waals surface area contributed by atoms with E-state index in [1.165, 1.54) is 32.5 Å². The molecule has 0 aromatic carbocycles. The second-order valence-corrected chi connectivity index (χ2v) is 4.46. The normalized spacial score (nSPS) is 21.7. The van der Waals surface area contributed by atoms with Crippen LogP contribution in [0.3, 0.4) is 0 Å². The summed E-state index contributed by atoms with van der Waals surface area (Å²) in [6, 6.07) is 1.54. The second kappa shape index (κ2) is 4.97. The van der Waals surface area contributed by atoms with E-state index in [9.17, 15) is 0 Å². The van der Waals surface area contributed by atoms with E-state index in [1.54, 1.807) is 0 Å². The van der Waals surface area contributed by atoms with Crippen molar-refractivity contribution in [3.63, 3.8) is 0 Å². The number of hydrogen-bond acceptors (Lipinski definition) is 2. The molecule has 78 valence electrons. The lowest BCUT2D eigenvalue weighted by Crippen LogP contribution is -2.46. The van der Waals surface area contributed by atoms with E-state index in [-0.39, 0.29) is 0 Å². The highest BCUT2D eigenvalue weighted by atomic mass is 15.2. The highest BCUT2D eigenvalue weighted by molar-refractivity contribution is 4.79. The van der Waals surface area contributed by atoms with Gasteiger partial charge in [0.25, 0.3) is 0 Å². The SMILES string of the molecule is CCN(C(C)C)C1CCN(C)CC1. The van der Waals surface area contributed by atoms with Gasteiger partial charge < -0.3 is 4.90 Å². The van der Waals surface area contributed by atoms with Crippen LogP contribution in [0.1, 0.15) is 33.6 Å². The highest BCUT2D eigenvalue weighted by Gasteiger charge is 2.23. The Morgan fingerprint density at radius 1 is 1.31 bits per heavy atom. The molecular weight excluding hydrogens is 160 g/mol. The van der Waals surface area contributed by atoms with Crippen molar-refractivity contribution >= 4 is 0 Å². The van der Waals surface area contributed by atoms with Gasteiger partial charge in [-0.15, -0.1) is 0 Å². The zero-order chi connectivity index (χ0) is 9.84. The molecule has 1 fully saturated rings. The van der Waals surface area contributed by atoms with Gasteiger partial charge in [-0.25, -0.2) is 0 Å². The summed E-state index contributed by atoms with van der Waals surface area (Å²) in [5.41, 5.74) is 0. The van der Waals surface area contributed by atoms with Crippen LogP contribution in [0.25, 0.3) is 0 Å². The quantitative estimate of drug-likeness (QED) is 0.660. The van der Waals surface area contributed by atoms with Gasteiger partial charge in [0.1, 0.15) is 0 Å². The average molecular weight is 184 g/mol. The van der Waals surface area contributed by atoms with Crippen molar-refractivity contribution in [3.05, 3.63) is 0 Å². The van der Waals surface area contributed by atoms with Crippen LogP contribution in [0.2, 0.25) is 0 Å².